The summed E-state index contributed by atoms with van der Waals surface area (Å²) in [6.07, 6.45) is 8.78. The van der Waals surface area contributed by atoms with Crippen molar-refractivity contribution in [3.05, 3.63) is 41.9 Å². The van der Waals surface area contributed by atoms with Gasteiger partial charge < -0.3 is 13.7 Å². The van der Waals surface area contributed by atoms with Crippen LogP contribution in [0.4, 0.5) is 0 Å². The van der Waals surface area contributed by atoms with Crippen molar-refractivity contribution in [1.82, 2.24) is 14.5 Å². The summed E-state index contributed by atoms with van der Waals surface area (Å²) in [7, 11) is 3.41. The molecule has 6 nitrogen and oxygen atoms in total. The van der Waals surface area contributed by atoms with Crippen LogP contribution < -0.4 is 0 Å². The van der Waals surface area contributed by atoms with Gasteiger partial charge in [-0.25, -0.2) is 9.78 Å². The van der Waals surface area contributed by atoms with Crippen LogP contribution in [0.5, 0.6) is 0 Å². The summed E-state index contributed by atoms with van der Waals surface area (Å²) in [4.78, 5) is 18.5. The van der Waals surface area contributed by atoms with Crippen LogP contribution in [0, 0.1) is 5.92 Å². The highest BCUT2D eigenvalue weighted by Gasteiger charge is 2.24. The lowest BCUT2D eigenvalue weighted by Crippen LogP contribution is -2.36. The number of imidazole rings is 1. The summed E-state index contributed by atoms with van der Waals surface area (Å²) in [5.74, 6) is 1.64. The molecule has 3 rings (SSSR count). The second-order valence-electron chi connectivity index (χ2n) is 6.17. The first-order valence-corrected chi connectivity index (χ1v) is 8.00. The van der Waals surface area contributed by atoms with E-state index in [1.165, 1.54) is 20.0 Å². The van der Waals surface area contributed by atoms with E-state index in [4.69, 9.17) is 9.15 Å². The van der Waals surface area contributed by atoms with Gasteiger partial charge in [0, 0.05) is 44.5 Å². The van der Waals surface area contributed by atoms with Crippen LogP contribution in [0.15, 0.2) is 29.1 Å². The molecule has 0 aliphatic carbocycles. The van der Waals surface area contributed by atoms with Crippen molar-refractivity contribution >= 4 is 5.97 Å². The number of rotatable bonds is 5. The van der Waals surface area contributed by atoms with Crippen LogP contribution in [-0.2, 0) is 24.8 Å². The smallest absolute Gasteiger partial charge is 0.374 e. The molecule has 6 heteroatoms. The normalized spacial score (nSPS) is 19.0. The topological polar surface area (TPSA) is 60.5 Å². The molecular formula is C17H23N3O3. The van der Waals surface area contributed by atoms with Crippen LogP contribution in [0.25, 0.3) is 0 Å². The molecule has 0 radical (unpaired) electrons. The summed E-state index contributed by atoms with van der Waals surface area (Å²) >= 11 is 0. The molecule has 1 atom stereocenters. The third-order valence-electron chi connectivity index (χ3n) is 4.51. The number of aryl methyl sites for hydroxylation is 1. The highest BCUT2D eigenvalue weighted by atomic mass is 16.5. The fourth-order valence-electron chi connectivity index (χ4n) is 3.29. The molecule has 1 aliphatic heterocycles. The van der Waals surface area contributed by atoms with E-state index in [2.05, 4.69) is 14.5 Å². The number of hydrogen-bond acceptors (Lipinski definition) is 5. The fraction of sp³-hybridized carbons (Fsp3) is 0.529. The third kappa shape index (κ3) is 3.64. The molecule has 3 heterocycles. The van der Waals surface area contributed by atoms with E-state index in [0.717, 1.165) is 37.4 Å². The Bertz CT molecular complexity index is 662. The summed E-state index contributed by atoms with van der Waals surface area (Å²) in [5.41, 5.74) is 0.898. The highest BCUT2D eigenvalue weighted by molar-refractivity contribution is 5.87. The van der Waals surface area contributed by atoms with Crippen molar-refractivity contribution < 1.29 is 13.9 Å². The Kier molecular flexibility index (Phi) is 4.81. The van der Waals surface area contributed by atoms with Gasteiger partial charge in [-0.05, 0) is 31.4 Å². The monoisotopic (exact) mass is 317 g/mol. The first kappa shape index (κ1) is 15.8. The number of methoxy groups -OCH3 is 1. The van der Waals surface area contributed by atoms with Crippen LogP contribution in [0.2, 0.25) is 0 Å². The SMILES string of the molecule is COC(=O)c1occc1CN1CCC[C@@H](Cc2nccn2C)C1. The van der Waals surface area contributed by atoms with Gasteiger partial charge in [0.25, 0.3) is 0 Å². The van der Waals surface area contributed by atoms with Gasteiger partial charge in [0.15, 0.2) is 0 Å². The number of esters is 1. The largest absolute Gasteiger partial charge is 0.463 e. The van der Waals surface area contributed by atoms with Crippen molar-refractivity contribution in [2.24, 2.45) is 13.0 Å². The minimum absolute atomic E-state index is 0.318. The molecule has 23 heavy (non-hydrogen) atoms. The van der Waals surface area contributed by atoms with Crippen molar-refractivity contribution in [1.29, 1.82) is 0 Å². The lowest BCUT2D eigenvalue weighted by molar-refractivity contribution is 0.0560. The molecule has 1 saturated heterocycles. The molecule has 0 saturated carbocycles. The Morgan fingerprint density at radius 2 is 2.39 bits per heavy atom. The molecule has 1 aliphatic rings. The van der Waals surface area contributed by atoms with Crippen molar-refractivity contribution in [2.75, 3.05) is 20.2 Å². The number of likely N-dealkylation sites (tertiary alicyclic amines) is 1. The maximum Gasteiger partial charge on any atom is 0.374 e. The number of carbonyl (C=O) groups excluding carboxylic acids is 1. The van der Waals surface area contributed by atoms with Crippen LogP contribution in [0.3, 0.4) is 0 Å². The highest BCUT2D eigenvalue weighted by Crippen LogP contribution is 2.23. The molecule has 2 aromatic rings. The van der Waals surface area contributed by atoms with E-state index < -0.39 is 5.97 Å². The van der Waals surface area contributed by atoms with E-state index in [1.807, 2.05) is 25.5 Å². The minimum atomic E-state index is -0.411. The molecule has 0 aromatic carbocycles. The molecule has 0 bridgehead atoms. The zero-order chi connectivity index (χ0) is 16.2. The second kappa shape index (κ2) is 7.00. The number of ether oxygens (including phenoxy) is 1. The number of aromatic nitrogens is 2. The number of furan rings is 1. The van der Waals surface area contributed by atoms with E-state index in [1.54, 1.807) is 6.26 Å². The van der Waals surface area contributed by atoms with E-state index in [9.17, 15) is 4.79 Å². The lowest BCUT2D eigenvalue weighted by atomic mass is 9.94. The summed E-state index contributed by atoms with van der Waals surface area (Å²) in [6, 6.07) is 1.86. The van der Waals surface area contributed by atoms with Gasteiger partial charge in [-0.2, -0.15) is 0 Å². The zero-order valence-corrected chi connectivity index (χ0v) is 13.7. The first-order valence-electron chi connectivity index (χ1n) is 8.00. The van der Waals surface area contributed by atoms with E-state index in [0.29, 0.717) is 11.7 Å². The molecule has 0 amide bonds. The molecule has 0 N–H and O–H groups in total. The molecule has 0 unspecified atom stereocenters. The van der Waals surface area contributed by atoms with E-state index >= 15 is 0 Å². The quantitative estimate of drug-likeness (QED) is 0.792. The molecular weight excluding hydrogens is 294 g/mol. The Balaban J connectivity index is 1.62. The Labute approximate surface area is 136 Å². The molecule has 0 spiro atoms. The van der Waals surface area contributed by atoms with Gasteiger partial charge >= 0.3 is 5.97 Å². The second-order valence-corrected chi connectivity index (χ2v) is 6.17. The minimum Gasteiger partial charge on any atom is -0.463 e. The van der Waals surface area contributed by atoms with Gasteiger partial charge in [0.2, 0.25) is 5.76 Å². The number of carbonyl (C=O) groups is 1. The Hall–Kier alpha value is -2.08. The van der Waals surface area contributed by atoms with Crippen LogP contribution >= 0.6 is 0 Å². The van der Waals surface area contributed by atoms with Gasteiger partial charge in [-0.15, -0.1) is 0 Å². The predicted molar refractivity (Wildman–Crippen MR) is 85.0 cm³/mol. The third-order valence-corrected chi connectivity index (χ3v) is 4.51. The van der Waals surface area contributed by atoms with Crippen molar-refractivity contribution in [2.45, 2.75) is 25.8 Å². The first-order chi connectivity index (χ1) is 11.2. The molecule has 1 fully saturated rings. The molecule has 2 aromatic heterocycles. The average molecular weight is 317 g/mol. The number of hydrogen-bond donors (Lipinski definition) is 0. The fourth-order valence-corrected chi connectivity index (χ4v) is 3.29. The van der Waals surface area contributed by atoms with Gasteiger partial charge in [-0.1, -0.05) is 0 Å². The van der Waals surface area contributed by atoms with Crippen molar-refractivity contribution in [3.8, 4) is 0 Å². The Morgan fingerprint density at radius 3 is 3.13 bits per heavy atom. The number of nitrogens with zero attached hydrogens (tertiary/aromatic N) is 3. The zero-order valence-electron chi connectivity index (χ0n) is 13.7. The number of piperidine rings is 1. The van der Waals surface area contributed by atoms with E-state index in [-0.39, 0.29) is 0 Å². The Morgan fingerprint density at radius 1 is 1.52 bits per heavy atom. The van der Waals surface area contributed by atoms with Crippen molar-refractivity contribution in [3.63, 3.8) is 0 Å². The summed E-state index contributed by atoms with van der Waals surface area (Å²) in [6.45, 7) is 2.78. The summed E-state index contributed by atoms with van der Waals surface area (Å²) in [5, 5.41) is 0. The maximum absolute atomic E-state index is 11.7. The van der Waals surface area contributed by atoms with Gasteiger partial charge in [0.05, 0.1) is 13.4 Å². The van der Waals surface area contributed by atoms with Gasteiger partial charge in [0.1, 0.15) is 5.82 Å². The summed E-state index contributed by atoms with van der Waals surface area (Å²) < 4.78 is 12.1. The maximum atomic E-state index is 11.7. The van der Waals surface area contributed by atoms with Crippen LogP contribution in [-0.4, -0.2) is 40.6 Å². The predicted octanol–water partition coefficient (Wildman–Crippen LogP) is 2.25. The van der Waals surface area contributed by atoms with Crippen LogP contribution in [0.1, 0.15) is 34.8 Å². The molecule has 124 valence electrons. The van der Waals surface area contributed by atoms with Gasteiger partial charge in [-0.3, -0.25) is 4.90 Å². The lowest BCUT2D eigenvalue weighted by Gasteiger charge is -2.32. The standard InChI is InChI=1S/C17H23N3O3/c1-19-8-6-18-15(19)10-13-4-3-7-20(11-13)12-14-5-9-23-16(14)17(21)22-2/h5-6,8-9,13H,3-4,7,10-12H2,1-2H3/t13-/m0/s1. The average Bonchev–Trinajstić information content (AvgIpc) is 3.17.